The van der Waals surface area contributed by atoms with E-state index in [1.807, 2.05) is 0 Å². The lowest BCUT2D eigenvalue weighted by Gasteiger charge is -2.44. The summed E-state index contributed by atoms with van der Waals surface area (Å²) in [4.78, 5) is 2.70. The molecule has 0 aromatic heterocycles. The van der Waals surface area contributed by atoms with Gasteiger partial charge in [0.15, 0.2) is 12.3 Å². The molecule has 0 spiro atoms. The van der Waals surface area contributed by atoms with Crippen molar-refractivity contribution in [2.45, 2.75) is 57.4 Å². The summed E-state index contributed by atoms with van der Waals surface area (Å²) in [6.45, 7) is 14.3. The molecule has 2 heteroatoms. The fraction of sp³-hybridized carbons (Fsp3) is 0.458. The van der Waals surface area contributed by atoms with Crippen LogP contribution in [0, 0.1) is 0 Å². The highest BCUT2D eigenvalue weighted by Crippen LogP contribution is 2.55. The predicted octanol–water partition coefficient (Wildman–Crippen LogP) is 5.02. The molecule has 0 N–H and O–H groups in total. The van der Waals surface area contributed by atoms with Crippen LogP contribution >= 0.6 is 0 Å². The van der Waals surface area contributed by atoms with Gasteiger partial charge in [-0.15, -0.1) is 0 Å². The molecule has 0 saturated carbocycles. The number of para-hydroxylation sites is 2. The van der Waals surface area contributed by atoms with E-state index in [0.717, 1.165) is 19.5 Å². The van der Waals surface area contributed by atoms with E-state index in [9.17, 15) is 0 Å². The van der Waals surface area contributed by atoms with Crippen LogP contribution in [-0.2, 0) is 10.8 Å². The van der Waals surface area contributed by atoms with Gasteiger partial charge in [-0.1, -0.05) is 50.2 Å². The minimum Gasteiger partial charge on any atom is -0.358 e. The summed E-state index contributed by atoms with van der Waals surface area (Å²) in [7, 11) is 0. The zero-order valence-electron chi connectivity index (χ0n) is 16.6. The normalized spacial score (nSPS) is 27.5. The van der Waals surface area contributed by atoms with Gasteiger partial charge in [0.1, 0.15) is 0 Å². The van der Waals surface area contributed by atoms with Gasteiger partial charge in [-0.05, 0) is 32.4 Å². The van der Waals surface area contributed by atoms with E-state index in [1.165, 1.54) is 22.5 Å². The molecule has 2 aromatic carbocycles. The second kappa shape index (κ2) is 4.79. The van der Waals surface area contributed by atoms with E-state index in [2.05, 4.69) is 92.6 Å². The summed E-state index contributed by atoms with van der Waals surface area (Å²) in [5.41, 5.74) is 7.75. The summed E-state index contributed by atoms with van der Waals surface area (Å²) in [5, 5.41) is 0. The van der Waals surface area contributed by atoms with Crippen molar-refractivity contribution in [2.24, 2.45) is 0 Å². The molecule has 0 fully saturated rings. The maximum Gasteiger partial charge on any atom is 0.209 e. The first-order valence-corrected chi connectivity index (χ1v) is 9.89. The van der Waals surface area contributed by atoms with Gasteiger partial charge < -0.3 is 4.90 Å². The molecule has 0 amide bonds. The standard InChI is InChI=1S/C24H29N2/c1-22(2)17-10-6-8-12-19(17)25-14-15-26-20-13-9-7-11-18(20)23(3,4)24(26,5)16-21(22)25/h6-13H,14-16H2,1-5H3/q+1/t24-/m1/s1. The van der Waals surface area contributed by atoms with Crippen molar-refractivity contribution in [3.05, 3.63) is 59.7 Å². The molecule has 26 heavy (non-hydrogen) atoms. The molecular formula is C24H29N2+. The van der Waals surface area contributed by atoms with Crippen LogP contribution in [-0.4, -0.2) is 28.9 Å². The lowest BCUT2D eigenvalue weighted by molar-refractivity contribution is -0.435. The number of benzene rings is 2. The predicted molar refractivity (Wildman–Crippen MR) is 109 cm³/mol. The highest BCUT2D eigenvalue weighted by atomic mass is 15.3. The second-order valence-electron chi connectivity index (χ2n) is 9.48. The number of fused-ring (bicyclic) bond motifs is 5. The average Bonchev–Trinajstić information content (AvgIpc) is 2.83. The molecular weight excluding hydrogens is 316 g/mol. The summed E-state index contributed by atoms with van der Waals surface area (Å²) in [6, 6.07) is 18.1. The first kappa shape index (κ1) is 16.1. The third kappa shape index (κ3) is 1.71. The minimum atomic E-state index is 0.0973. The van der Waals surface area contributed by atoms with Gasteiger partial charge in [0.25, 0.3) is 0 Å². The van der Waals surface area contributed by atoms with Gasteiger partial charge in [0.2, 0.25) is 5.69 Å². The molecule has 0 unspecified atom stereocenters. The minimum absolute atomic E-state index is 0.0973. The van der Waals surface area contributed by atoms with Crippen LogP contribution < -0.4 is 4.90 Å². The van der Waals surface area contributed by atoms with Crippen molar-refractivity contribution in [1.82, 2.24) is 0 Å². The van der Waals surface area contributed by atoms with Crippen molar-refractivity contribution in [3.63, 3.8) is 0 Å². The molecule has 0 saturated heterocycles. The summed E-state index contributed by atoms with van der Waals surface area (Å²) in [5.74, 6) is 0. The molecule has 1 atom stereocenters. The average molecular weight is 346 g/mol. The zero-order chi connectivity index (χ0) is 18.3. The number of rotatable bonds is 0. The lowest BCUT2D eigenvalue weighted by Crippen LogP contribution is -2.55. The molecule has 3 aliphatic rings. The van der Waals surface area contributed by atoms with E-state index in [-0.39, 0.29) is 16.4 Å². The Kier molecular flexibility index (Phi) is 2.97. The van der Waals surface area contributed by atoms with Gasteiger partial charge in [-0.3, -0.25) is 0 Å². The highest BCUT2D eigenvalue weighted by Gasteiger charge is 2.59. The Morgan fingerprint density at radius 2 is 1.50 bits per heavy atom. The lowest BCUT2D eigenvalue weighted by atomic mass is 9.66. The van der Waals surface area contributed by atoms with Gasteiger partial charge >= 0.3 is 0 Å². The summed E-state index contributed by atoms with van der Waals surface area (Å²) >= 11 is 0. The maximum atomic E-state index is 2.70. The van der Waals surface area contributed by atoms with E-state index >= 15 is 0 Å². The van der Waals surface area contributed by atoms with Gasteiger partial charge in [-0.2, -0.15) is 4.58 Å². The van der Waals surface area contributed by atoms with Crippen LogP contribution in [0.3, 0.4) is 0 Å². The fourth-order valence-electron chi connectivity index (χ4n) is 5.79. The molecule has 0 bridgehead atoms. The Hall–Kier alpha value is -2.09. The fourth-order valence-corrected chi connectivity index (χ4v) is 5.79. The zero-order valence-corrected chi connectivity index (χ0v) is 16.6. The Balaban J connectivity index is 1.70. The Morgan fingerprint density at radius 1 is 0.846 bits per heavy atom. The SMILES string of the molecule is CC1(C)C2=[N+](CCN3c4ccccc4C(C)(C)[C@@]3(C)C2)c2ccccc21. The third-order valence-corrected chi connectivity index (χ3v) is 7.78. The van der Waals surface area contributed by atoms with Crippen molar-refractivity contribution in [1.29, 1.82) is 0 Å². The number of anilines is 1. The van der Waals surface area contributed by atoms with Gasteiger partial charge in [-0.25, -0.2) is 0 Å². The van der Waals surface area contributed by atoms with Crippen molar-refractivity contribution in [3.8, 4) is 0 Å². The monoisotopic (exact) mass is 345 g/mol. The molecule has 2 nitrogen and oxygen atoms in total. The molecule has 0 aliphatic carbocycles. The van der Waals surface area contributed by atoms with Crippen LogP contribution in [0.4, 0.5) is 11.4 Å². The largest absolute Gasteiger partial charge is 0.358 e. The molecule has 2 aromatic rings. The van der Waals surface area contributed by atoms with Gasteiger partial charge in [0, 0.05) is 22.7 Å². The number of hydrogen-bond donors (Lipinski definition) is 0. The van der Waals surface area contributed by atoms with Gasteiger partial charge in [0.05, 0.1) is 23.9 Å². The Morgan fingerprint density at radius 3 is 2.27 bits per heavy atom. The van der Waals surface area contributed by atoms with E-state index < -0.39 is 0 Å². The number of nitrogens with zero attached hydrogens (tertiary/aromatic N) is 2. The quantitative estimate of drug-likeness (QED) is 0.608. The van der Waals surface area contributed by atoms with E-state index in [4.69, 9.17) is 0 Å². The summed E-state index contributed by atoms with van der Waals surface area (Å²) < 4.78 is 2.62. The van der Waals surface area contributed by atoms with Crippen molar-refractivity contribution < 1.29 is 4.58 Å². The first-order valence-electron chi connectivity index (χ1n) is 9.89. The van der Waals surface area contributed by atoms with E-state index in [1.54, 1.807) is 5.71 Å². The highest BCUT2D eigenvalue weighted by molar-refractivity contribution is 5.97. The molecule has 134 valence electrons. The van der Waals surface area contributed by atoms with E-state index in [0.29, 0.717) is 0 Å². The molecule has 0 radical (unpaired) electrons. The second-order valence-corrected chi connectivity index (χ2v) is 9.48. The smallest absolute Gasteiger partial charge is 0.209 e. The first-order chi connectivity index (χ1) is 12.3. The Bertz CT molecular complexity index is 950. The summed E-state index contributed by atoms with van der Waals surface area (Å²) in [6.07, 6.45) is 1.11. The van der Waals surface area contributed by atoms with Crippen LogP contribution in [0.2, 0.25) is 0 Å². The molecule has 3 heterocycles. The van der Waals surface area contributed by atoms with Crippen LogP contribution in [0.1, 0.15) is 52.2 Å². The van der Waals surface area contributed by atoms with Crippen LogP contribution in [0.15, 0.2) is 48.5 Å². The van der Waals surface area contributed by atoms with Crippen LogP contribution in [0.5, 0.6) is 0 Å². The molecule has 5 rings (SSSR count). The third-order valence-electron chi connectivity index (χ3n) is 7.78. The number of hydrogen-bond acceptors (Lipinski definition) is 1. The van der Waals surface area contributed by atoms with Crippen molar-refractivity contribution in [2.75, 3.05) is 18.0 Å². The topological polar surface area (TPSA) is 6.25 Å². The molecule has 3 aliphatic heterocycles. The van der Waals surface area contributed by atoms with Crippen LogP contribution in [0.25, 0.3) is 0 Å². The van der Waals surface area contributed by atoms with Crippen molar-refractivity contribution >= 4 is 17.1 Å². The maximum absolute atomic E-state index is 2.70. The Labute approximate surface area is 157 Å².